The second-order valence-electron chi connectivity index (χ2n) is 7.14. The number of nitrogens with zero attached hydrogens (tertiary/aromatic N) is 2. The number of carbonyl (C=O) groups is 1. The molecule has 0 fully saturated rings. The van der Waals surface area contributed by atoms with Gasteiger partial charge in [0.2, 0.25) is 10.0 Å². The molecule has 168 valence electrons. The number of nitrogens with two attached hydrogens (primary N) is 1. The molecule has 1 aliphatic heterocycles. The minimum atomic E-state index is -3.87. The number of halogens is 1. The molecule has 0 aromatic heterocycles. The molecular weight excluding hydrogens is 465 g/mol. The summed E-state index contributed by atoms with van der Waals surface area (Å²) in [6, 6.07) is 19.1. The van der Waals surface area contributed by atoms with Crippen LogP contribution in [0.5, 0.6) is 0 Å². The van der Waals surface area contributed by atoms with Gasteiger partial charge in [-0.25, -0.2) is 17.9 Å². The normalized spacial score (nSPS) is 14.3. The van der Waals surface area contributed by atoms with E-state index in [1.807, 2.05) is 30.3 Å². The lowest BCUT2D eigenvalue weighted by Crippen LogP contribution is -2.32. The maximum atomic E-state index is 13.9. The number of hydrogen-bond acceptors (Lipinski definition) is 5. The molecule has 3 aromatic rings. The molecule has 4 rings (SSSR count). The number of thiocarbonyl (C=S) groups is 1. The number of nitrogens with one attached hydrogen (secondary N) is 2. The molecular formula is C22H18FN5O3S2. The standard InChI is InChI=1S/C22H18FN5O3S2/c23-15-9-10-18-19(11-15)28(13-14-5-2-1-3-6-14)21(29)20(18)26-27-22(32)25-16-7-4-8-17(12-16)33(24,30)31/h1-12H,13H2,(H2,24,30,31)(H2,25,27,32). The van der Waals surface area contributed by atoms with Crippen molar-refractivity contribution in [3.8, 4) is 0 Å². The second-order valence-corrected chi connectivity index (χ2v) is 9.11. The van der Waals surface area contributed by atoms with Crippen LogP contribution in [-0.2, 0) is 21.4 Å². The summed E-state index contributed by atoms with van der Waals surface area (Å²) in [4.78, 5) is 14.5. The fourth-order valence-corrected chi connectivity index (χ4v) is 4.05. The predicted octanol–water partition coefficient (Wildman–Crippen LogP) is 2.71. The van der Waals surface area contributed by atoms with Crippen LogP contribution in [0.3, 0.4) is 0 Å². The van der Waals surface area contributed by atoms with Gasteiger partial charge in [0.05, 0.1) is 17.1 Å². The van der Waals surface area contributed by atoms with Crippen LogP contribution in [0.1, 0.15) is 11.1 Å². The zero-order valence-corrected chi connectivity index (χ0v) is 18.7. The van der Waals surface area contributed by atoms with Crippen molar-refractivity contribution in [2.75, 3.05) is 10.2 Å². The molecule has 0 radical (unpaired) electrons. The number of anilines is 2. The smallest absolute Gasteiger partial charge is 0.279 e. The number of sulfonamides is 1. The number of benzene rings is 3. The average molecular weight is 484 g/mol. The van der Waals surface area contributed by atoms with Crippen LogP contribution >= 0.6 is 12.2 Å². The van der Waals surface area contributed by atoms with Crippen molar-refractivity contribution >= 4 is 50.3 Å². The molecule has 1 aliphatic rings. The Bertz CT molecular complexity index is 1380. The van der Waals surface area contributed by atoms with E-state index >= 15 is 0 Å². The predicted molar refractivity (Wildman–Crippen MR) is 128 cm³/mol. The SMILES string of the molecule is NS(=O)(=O)c1cccc(NC(=S)NN=C2C(=O)N(Cc3ccccc3)c3cc(F)ccc32)c1. The lowest BCUT2D eigenvalue weighted by molar-refractivity contribution is -0.112. The number of hydrogen-bond donors (Lipinski definition) is 3. The van der Waals surface area contributed by atoms with Crippen molar-refractivity contribution in [1.82, 2.24) is 5.43 Å². The van der Waals surface area contributed by atoms with E-state index in [2.05, 4.69) is 15.8 Å². The quantitative estimate of drug-likeness (QED) is 0.380. The first kappa shape index (κ1) is 22.5. The number of fused-ring (bicyclic) bond motifs is 1. The summed E-state index contributed by atoms with van der Waals surface area (Å²) in [5.74, 6) is -0.883. The van der Waals surface area contributed by atoms with Gasteiger partial charge in [-0.1, -0.05) is 36.4 Å². The molecule has 0 saturated carbocycles. The van der Waals surface area contributed by atoms with Crippen LogP contribution in [-0.4, -0.2) is 25.1 Å². The highest BCUT2D eigenvalue weighted by Crippen LogP contribution is 2.31. The van der Waals surface area contributed by atoms with Crippen LogP contribution in [0.4, 0.5) is 15.8 Å². The van der Waals surface area contributed by atoms with E-state index in [-0.39, 0.29) is 22.3 Å². The largest absolute Gasteiger partial charge is 0.331 e. The fraction of sp³-hybridized carbons (Fsp3) is 0.0455. The lowest BCUT2D eigenvalue weighted by Gasteiger charge is -2.17. The Morgan fingerprint density at radius 3 is 2.55 bits per heavy atom. The lowest BCUT2D eigenvalue weighted by atomic mass is 10.1. The van der Waals surface area contributed by atoms with Gasteiger partial charge >= 0.3 is 0 Å². The monoisotopic (exact) mass is 483 g/mol. The minimum Gasteiger partial charge on any atom is -0.331 e. The molecule has 0 saturated heterocycles. The van der Waals surface area contributed by atoms with Gasteiger partial charge in [0.1, 0.15) is 5.82 Å². The summed E-state index contributed by atoms with van der Waals surface area (Å²) >= 11 is 5.20. The molecule has 0 unspecified atom stereocenters. The fourth-order valence-electron chi connectivity index (χ4n) is 3.33. The zero-order chi connectivity index (χ0) is 23.6. The number of hydrazone groups is 1. The van der Waals surface area contributed by atoms with Crippen LogP contribution in [0.25, 0.3) is 0 Å². The van der Waals surface area contributed by atoms with Gasteiger partial charge in [-0.3, -0.25) is 10.2 Å². The van der Waals surface area contributed by atoms with Gasteiger partial charge in [0.15, 0.2) is 10.8 Å². The van der Waals surface area contributed by atoms with Crippen molar-refractivity contribution in [1.29, 1.82) is 0 Å². The van der Waals surface area contributed by atoms with Crippen molar-refractivity contribution in [3.05, 3.63) is 89.7 Å². The van der Waals surface area contributed by atoms with E-state index in [1.165, 1.54) is 41.3 Å². The van der Waals surface area contributed by atoms with Gasteiger partial charge < -0.3 is 10.2 Å². The van der Waals surface area contributed by atoms with E-state index in [4.69, 9.17) is 17.4 Å². The van der Waals surface area contributed by atoms with E-state index in [0.29, 0.717) is 16.9 Å². The molecule has 3 aromatic carbocycles. The Kier molecular flexibility index (Phi) is 6.18. The molecule has 33 heavy (non-hydrogen) atoms. The molecule has 11 heteroatoms. The molecule has 1 amide bonds. The molecule has 1 heterocycles. The number of rotatable bonds is 5. The highest BCUT2D eigenvalue weighted by molar-refractivity contribution is 7.89. The van der Waals surface area contributed by atoms with Crippen molar-refractivity contribution in [2.24, 2.45) is 10.2 Å². The topological polar surface area (TPSA) is 117 Å². The van der Waals surface area contributed by atoms with Crippen LogP contribution in [0, 0.1) is 5.82 Å². The summed E-state index contributed by atoms with van der Waals surface area (Å²) < 4.78 is 37.0. The Hall–Kier alpha value is -3.67. The second kappa shape index (κ2) is 9.06. The maximum absolute atomic E-state index is 13.9. The number of amides is 1. The summed E-state index contributed by atoms with van der Waals surface area (Å²) in [7, 11) is -3.87. The van der Waals surface area contributed by atoms with Gasteiger partial charge in [-0.05, 0) is 54.2 Å². The van der Waals surface area contributed by atoms with Gasteiger partial charge in [-0.2, -0.15) is 5.10 Å². The maximum Gasteiger partial charge on any atom is 0.279 e. The summed E-state index contributed by atoms with van der Waals surface area (Å²) in [5.41, 5.74) is 4.77. The highest BCUT2D eigenvalue weighted by Gasteiger charge is 2.34. The third-order valence-electron chi connectivity index (χ3n) is 4.83. The van der Waals surface area contributed by atoms with Gasteiger partial charge in [-0.15, -0.1) is 0 Å². The van der Waals surface area contributed by atoms with Crippen molar-refractivity contribution in [3.63, 3.8) is 0 Å². The zero-order valence-electron chi connectivity index (χ0n) is 17.0. The molecule has 4 N–H and O–H groups in total. The van der Waals surface area contributed by atoms with E-state index < -0.39 is 21.7 Å². The first-order valence-corrected chi connectivity index (χ1v) is 11.6. The van der Waals surface area contributed by atoms with Gasteiger partial charge in [0.25, 0.3) is 5.91 Å². The van der Waals surface area contributed by atoms with Crippen LogP contribution in [0.2, 0.25) is 0 Å². The third-order valence-corrected chi connectivity index (χ3v) is 5.93. The summed E-state index contributed by atoms with van der Waals surface area (Å²) in [6.45, 7) is 0.248. The van der Waals surface area contributed by atoms with Crippen LogP contribution in [0.15, 0.2) is 82.8 Å². The average Bonchev–Trinajstić information content (AvgIpc) is 3.03. The number of primary sulfonamides is 1. The Morgan fingerprint density at radius 1 is 1.06 bits per heavy atom. The van der Waals surface area contributed by atoms with Gasteiger partial charge in [0, 0.05) is 11.3 Å². The highest BCUT2D eigenvalue weighted by atomic mass is 32.2. The van der Waals surface area contributed by atoms with E-state index in [9.17, 15) is 17.6 Å². The molecule has 0 bridgehead atoms. The van der Waals surface area contributed by atoms with E-state index in [1.54, 1.807) is 6.07 Å². The third kappa shape index (κ3) is 5.06. The Morgan fingerprint density at radius 2 is 1.82 bits per heavy atom. The van der Waals surface area contributed by atoms with Crippen molar-refractivity contribution < 1.29 is 17.6 Å². The molecule has 0 atom stereocenters. The first-order chi connectivity index (χ1) is 15.7. The van der Waals surface area contributed by atoms with Crippen LogP contribution < -0.4 is 20.8 Å². The van der Waals surface area contributed by atoms with E-state index in [0.717, 1.165) is 5.56 Å². The number of carbonyl (C=O) groups excluding carboxylic acids is 1. The molecule has 8 nitrogen and oxygen atoms in total. The Balaban J connectivity index is 1.55. The Labute approximate surface area is 195 Å². The molecule has 0 spiro atoms. The first-order valence-electron chi connectivity index (χ1n) is 9.65. The van der Waals surface area contributed by atoms with Crippen molar-refractivity contribution in [2.45, 2.75) is 11.4 Å². The summed E-state index contributed by atoms with van der Waals surface area (Å²) in [5, 5.41) is 12.1. The minimum absolute atomic E-state index is 0.0204. The molecule has 0 aliphatic carbocycles. The summed E-state index contributed by atoms with van der Waals surface area (Å²) in [6.07, 6.45) is 0.